The SMILES string of the molecule is Nc1ccc(-c2ncn(CC(F)F)n2)cc1. The normalized spacial score (nSPS) is 10.9. The lowest BCUT2D eigenvalue weighted by atomic mass is 10.2. The highest BCUT2D eigenvalue weighted by atomic mass is 19.3. The van der Waals surface area contributed by atoms with Gasteiger partial charge in [-0.15, -0.1) is 0 Å². The lowest BCUT2D eigenvalue weighted by Gasteiger charge is -1.98. The lowest BCUT2D eigenvalue weighted by molar-refractivity contribution is 0.122. The zero-order valence-electron chi connectivity index (χ0n) is 8.35. The molecule has 0 saturated carbocycles. The number of hydrogen-bond donors (Lipinski definition) is 1. The molecular weight excluding hydrogens is 214 g/mol. The van der Waals surface area contributed by atoms with Gasteiger partial charge in [-0.3, -0.25) is 0 Å². The minimum absolute atomic E-state index is 0.417. The second-order valence-corrected chi connectivity index (χ2v) is 3.30. The summed E-state index contributed by atoms with van der Waals surface area (Å²) in [6.45, 7) is -0.442. The third-order valence-electron chi connectivity index (χ3n) is 2.03. The van der Waals surface area contributed by atoms with Crippen LogP contribution in [0, 0.1) is 0 Å². The van der Waals surface area contributed by atoms with E-state index >= 15 is 0 Å². The quantitative estimate of drug-likeness (QED) is 0.808. The molecular formula is C10H10F2N4. The summed E-state index contributed by atoms with van der Waals surface area (Å²) < 4.78 is 25.3. The fraction of sp³-hybridized carbons (Fsp3) is 0.200. The molecule has 1 aromatic carbocycles. The maximum atomic E-state index is 12.1. The van der Waals surface area contributed by atoms with Crippen LogP contribution in [-0.4, -0.2) is 21.2 Å². The summed E-state index contributed by atoms with van der Waals surface area (Å²) in [5, 5.41) is 3.94. The van der Waals surface area contributed by atoms with Crippen LogP contribution in [0.4, 0.5) is 14.5 Å². The minimum atomic E-state index is -2.43. The van der Waals surface area contributed by atoms with Crippen molar-refractivity contribution in [2.24, 2.45) is 0 Å². The molecule has 16 heavy (non-hydrogen) atoms. The molecule has 2 aromatic rings. The number of aromatic nitrogens is 3. The molecule has 2 rings (SSSR count). The van der Waals surface area contributed by atoms with Gasteiger partial charge in [-0.2, -0.15) is 5.10 Å². The molecule has 0 aliphatic rings. The van der Waals surface area contributed by atoms with Crippen LogP contribution in [0.1, 0.15) is 0 Å². The van der Waals surface area contributed by atoms with Crippen LogP contribution in [-0.2, 0) is 6.54 Å². The average molecular weight is 224 g/mol. The molecule has 2 N–H and O–H groups in total. The van der Waals surface area contributed by atoms with E-state index in [1.165, 1.54) is 6.33 Å². The molecule has 1 heterocycles. The molecule has 0 aliphatic carbocycles. The molecule has 4 nitrogen and oxygen atoms in total. The van der Waals surface area contributed by atoms with Gasteiger partial charge >= 0.3 is 0 Å². The average Bonchev–Trinajstić information content (AvgIpc) is 2.66. The smallest absolute Gasteiger partial charge is 0.257 e. The Hall–Kier alpha value is -1.98. The molecule has 0 unspecified atom stereocenters. The zero-order chi connectivity index (χ0) is 11.5. The van der Waals surface area contributed by atoms with Gasteiger partial charge in [-0.25, -0.2) is 18.4 Å². The summed E-state index contributed by atoms with van der Waals surface area (Å²) in [6.07, 6.45) is -1.14. The van der Waals surface area contributed by atoms with E-state index in [9.17, 15) is 8.78 Å². The molecule has 0 spiro atoms. The van der Waals surface area contributed by atoms with Crippen LogP contribution in [0.2, 0.25) is 0 Å². The van der Waals surface area contributed by atoms with Crippen molar-refractivity contribution < 1.29 is 8.78 Å². The van der Waals surface area contributed by atoms with Crippen LogP contribution in [0.3, 0.4) is 0 Å². The Labute approximate surface area is 90.7 Å². The predicted octanol–water partition coefficient (Wildman–Crippen LogP) is 1.79. The van der Waals surface area contributed by atoms with Crippen LogP contribution in [0.5, 0.6) is 0 Å². The largest absolute Gasteiger partial charge is 0.399 e. The van der Waals surface area contributed by atoms with Crippen LogP contribution < -0.4 is 5.73 Å². The Kier molecular flexibility index (Phi) is 2.80. The Balaban J connectivity index is 2.21. The van der Waals surface area contributed by atoms with Crippen LogP contribution >= 0.6 is 0 Å². The molecule has 0 bridgehead atoms. The van der Waals surface area contributed by atoms with Crippen molar-refractivity contribution in [3.05, 3.63) is 30.6 Å². The standard InChI is InChI=1S/C10H10F2N4/c11-9(12)5-16-6-14-10(15-16)7-1-3-8(13)4-2-7/h1-4,6,9H,5,13H2. The highest BCUT2D eigenvalue weighted by Gasteiger charge is 2.08. The van der Waals surface area contributed by atoms with Gasteiger partial charge in [-0.1, -0.05) is 0 Å². The first-order valence-electron chi connectivity index (χ1n) is 4.68. The van der Waals surface area contributed by atoms with E-state index in [4.69, 9.17) is 5.73 Å². The van der Waals surface area contributed by atoms with E-state index in [-0.39, 0.29) is 0 Å². The molecule has 84 valence electrons. The molecule has 6 heteroatoms. The Morgan fingerprint density at radius 1 is 1.25 bits per heavy atom. The van der Waals surface area contributed by atoms with Gasteiger partial charge in [0.1, 0.15) is 12.9 Å². The predicted molar refractivity (Wildman–Crippen MR) is 55.9 cm³/mol. The van der Waals surface area contributed by atoms with E-state index in [2.05, 4.69) is 10.1 Å². The number of alkyl halides is 2. The number of rotatable bonds is 3. The van der Waals surface area contributed by atoms with Gasteiger partial charge < -0.3 is 5.73 Å². The van der Waals surface area contributed by atoms with Crippen molar-refractivity contribution in [3.8, 4) is 11.4 Å². The van der Waals surface area contributed by atoms with Crippen molar-refractivity contribution in [1.29, 1.82) is 0 Å². The summed E-state index contributed by atoms with van der Waals surface area (Å²) in [4.78, 5) is 3.95. The maximum absolute atomic E-state index is 12.1. The first-order valence-corrected chi connectivity index (χ1v) is 4.68. The highest BCUT2D eigenvalue weighted by Crippen LogP contribution is 2.16. The number of nitrogens with zero attached hydrogens (tertiary/aromatic N) is 3. The van der Waals surface area contributed by atoms with E-state index in [0.717, 1.165) is 10.2 Å². The number of nitrogen functional groups attached to an aromatic ring is 1. The Morgan fingerprint density at radius 3 is 2.56 bits per heavy atom. The number of anilines is 1. The molecule has 0 aliphatic heterocycles. The third kappa shape index (κ3) is 2.33. The van der Waals surface area contributed by atoms with Gasteiger partial charge in [0.05, 0.1) is 0 Å². The maximum Gasteiger partial charge on any atom is 0.257 e. The second-order valence-electron chi connectivity index (χ2n) is 3.30. The van der Waals surface area contributed by atoms with Crippen molar-refractivity contribution in [2.75, 3.05) is 5.73 Å². The van der Waals surface area contributed by atoms with E-state index in [0.29, 0.717) is 11.5 Å². The summed E-state index contributed by atoms with van der Waals surface area (Å²) >= 11 is 0. The van der Waals surface area contributed by atoms with Gasteiger partial charge in [0.25, 0.3) is 6.43 Å². The van der Waals surface area contributed by atoms with Gasteiger partial charge in [0, 0.05) is 11.3 Å². The molecule has 0 amide bonds. The second kappa shape index (κ2) is 4.26. The van der Waals surface area contributed by atoms with Crippen molar-refractivity contribution in [1.82, 2.24) is 14.8 Å². The number of benzene rings is 1. The van der Waals surface area contributed by atoms with Gasteiger partial charge in [-0.05, 0) is 24.3 Å². The summed E-state index contributed by atoms with van der Waals surface area (Å²) in [6, 6.07) is 6.92. The van der Waals surface area contributed by atoms with Crippen molar-refractivity contribution >= 4 is 5.69 Å². The van der Waals surface area contributed by atoms with E-state index < -0.39 is 13.0 Å². The topological polar surface area (TPSA) is 56.7 Å². The number of nitrogens with two attached hydrogens (primary N) is 1. The van der Waals surface area contributed by atoms with Gasteiger partial charge in [0.2, 0.25) is 0 Å². The molecule has 1 aromatic heterocycles. The minimum Gasteiger partial charge on any atom is -0.399 e. The van der Waals surface area contributed by atoms with Crippen LogP contribution in [0.25, 0.3) is 11.4 Å². The van der Waals surface area contributed by atoms with E-state index in [1.807, 2.05) is 0 Å². The van der Waals surface area contributed by atoms with E-state index in [1.54, 1.807) is 24.3 Å². The molecule has 0 atom stereocenters. The number of halogens is 2. The monoisotopic (exact) mass is 224 g/mol. The molecule has 0 fully saturated rings. The third-order valence-corrected chi connectivity index (χ3v) is 2.03. The van der Waals surface area contributed by atoms with Crippen LogP contribution in [0.15, 0.2) is 30.6 Å². The first kappa shape index (κ1) is 10.5. The Bertz CT molecular complexity index is 464. The number of hydrogen-bond acceptors (Lipinski definition) is 3. The molecule has 0 saturated heterocycles. The highest BCUT2D eigenvalue weighted by molar-refractivity contribution is 5.57. The zero-order valence-corrected chi connectivity index (χ0v) is 8.35. The first-order chi connectivity index (χ1) is 7.65. The Morgan fingerprint density at radius 2 is 1.94 bits per heavy atom. The molecule has 0 radical (unpaired) electrons. The lowest BCUT2D eigenvalue weighted by Crippen LogP contribution is -2.06. The summed E-state index contributed by atoms with van der Waals surface area (Å²) in [5.74, 6) is 0.417. The summed E-state index contributed by atoms with van der Waals surface area (Å²) in [5.41, 5.74) is 6.92. The summed E-state index contributed by atoms with van der Waals surface area (Å²) in [7, 11) is 0. The van der Waals surface area contributed by atoms with Gasteiger partial charge in [0.15, 0.2) is 5.82 Å². The fourth-order valence-corrected chi connectivity index (χ4v) is 1.29. The fourth-order valence-electron chi connectivity index (χ4n) is 1.29. The van der Waals surface area contributed by atoms with Crippen molar-refractivity contribution in [2.45, 2.75) is 13.0 Å². The van der Waals surface area contributed by atoms with Crippen molar-refractivity contribution in [3.63, 3.8) is 0 Å².